The van der Waals surface area contributed by atoms with Crippen molar-refractivity contribution < 1.29 is 17.9 Å². The number of benzene rings is 2. The Morgan fingerprint density at radius 1 is 0.939 bits per heavy atom. The van der Waals surface area contributed by atoms with Crippen molar-refractivity contribution in [2.45, 2.75) is 58.7 Å². The summed E-state index contributed by atoms with van der Waals surface area (Å²) in [6.07, 6.45) is 0.265. The second kappa shape index (κ2) is 11.0. The van der Waals surface area contributed by atoms with E-state index in [-0.39, 0.29) is 17.9 Å². The largest absolute Gasteiger partial charge is 0.491 e. The smallest absolute Gasteiger partial charge is 0.421 e. The first kappa shape index (κ1) is 24.4. The number of anilines is 4. The van der Waals surface area contributed by atoms with Crippen LogP contribution in [0.25, 0.3) is 0 Å². The van der Waals surface area contributed by atoms with Gasteiger partial charge in [0.1, 0.15) is 17.1 Å². The summed E-state index contributed by atoms with van der Waals surface area (Å²) < 4.78 is 46.4. The highest BCUT2D eigenvalue weighted by atomic mass is 19.4. The molecule has 1 aromatic heterocycles. The molecule has 5 nitrogen and oxygen atoms in total. The monoisotopic (exact) mass is 458 g/mol. The van der Waals surface area contributed by atoms with Gasteiger partial charge in [0.2, 0.25) is 5.95 Å². The number of aryl methyl sites for hydroxylation is 1. The zero-order valence-electron chi connectivity index (χ0n) is 19.0. The van der Waals surface area contributed by atoms with Crippen molar-refractivity contribution in [1.82, 2.24) is 9.97 Å². The summed E-state index contributed by atoms with van der Waals surface area (Å²) in [5.74, 6) is 0.465. The summed E-state index contributed by atoms with van der Waals surface area (Å²) >= 11 is 0. The summed E-state index contributed by atoms with van der Waals surface area (Å²) in [7, 11) is 0. The molecule has 33 heavy (non-hydrogen) atoms. The molecule has 3 rings (SSSR count). The maximum absolute atomic E-state index is 13.5. The van der Waals surface area contributed by atoms with Crippen LogP contribution in [0.15, 0.2) is 54.7 Å². The Kier molecular flexibility index (Phi) is 8.14. The molecule has 0 saturated heterocycles. The third-order valence-electron chi connectivity index (χ3n) is 5.15. The van der Waals surface area contributed by atoms with Crippen molar-refractivity contribution in [2.75, 3.05) is 10.6 Å². The number of alkyl halides is 3. The molecule has 0 radical (unpaired) electrons. The Hall–Kier alpha value is -3.29. The summed E-state index contributed by atoms with van der Waals surface area (Å²) in [6.45, 7) is 6.13. The van der Waals surface area contributed by atoms with Gasteiger partial charge in [0.05, 0.1) is 6.10 Å². The highest BCUT2D eigenvalue weighted by molar-refractivity contribution is 5.63. The molecule has 1 heterocycles. The molecule has 176 valence electrons. The van der Waals surface area contributed by atoms with Crippen molar-refractivity contribution in [3.05, 3.63) is 65.9 Å². The minimum absolute atomic E-state index is 0.0562. The van der Waals surface area contributed by atoms with Gasteiger partial charge in [-0.25, -0.2) is 4.98 Å². The molecule has 2 aromatic carbocycles. The normalized spacial score (nSPS) is 12.3. The second-order valence-corrected chi connectivity index (χ2v) is 7.87. The van der Waals surface area contributed by atoms with Gasteiger partial charge in [-0.2, -0.15) is 18.2 Å². The zero-order chi connectivity index (χ0) is 23.8. The van der Waals surface area contributed by atoms with Gasteiger partial charge in [-0.05, 0) is 68.1 Å². The van der Waals surface area contributed by atoms with E-state index in [2.05, 4.69) is 27.5 Å². The summed E-state index contributed by atoms with van der Waals surface area (Å²) in [6, 6.07) is 14.5. The molecule has 0 bridgehead atoms. The first-order valence-corrected chi connectivity index (χ1v) is 11.1. The quantitative estimate of drug-likeness (QED) is 0.329. The fourth-order valence-corrected chi connectivity index (χ4v) is 3.08. The minimum atomic E-state index is -4.59. The van der Waals surface area contributed by atoms with Crippen LogP contribution in [-0.4, -0.2) is 16.1 Å². The number of aromatic nitrogens is 2. The van der Waals surface area contributed by atoms with E-state index in [0.717, 1.165) is 37.4 Å². The standard InChI is InChI=1S/C25H29F3N4O/c1-4-6-7-18-8-10-19(11-9-18)30-23-22(25(26,27)28)16-29-24(32-23)31-20-12-14-21(15-13-20)33-17(3)5-2/h8-17H,4-7H2,1-3H3,(H2,29,30,31,32). The van der Waals surface area contributed by atoms with Crippen LogP contribution >= 0.6 is 0 Å². The van der Waals surface area contributed by atoms with E-state index in [4.69, 9.17) is 4.74 Å². The highest BCUT2D eigenvalue weighted by Crippen LogP contribution is 2.35. The number of hydrogen-bond donors (Lipinski definition) is 2. The first-order chi connectivity index (χ1) is 15.8. The van der Waals surface area contributed by atoms with E-state index in [1.54, 1.807) is 36.4 Å². The van der Waals surface area contributed by atoms with Gasteiger partial charge < -0.3 is 15.4 Å². The van der Waals surface area contributed by atoms with Crippen LogP contribution in [0.3, 0.4) is 0 Å². The summed E-state index contributed by atoms with van der Waals surface area (Å²) in [5.41, 5.74) is 1.37. The molecule has 0 aliphatic carbocycles. The fraction of sp³-hybridized carbons (Fsp3) is 0.360. The molecule has 0 spiro atoms. The van der Waals surface area contributed by atoms with Gasteiger partial charge in [0, 0.05) is 17.6 Å². The van der Waals surface area contributed by atoms with Crippen LogP contribution in [0, 0.1) is 0 Å². The van der Waals surface area contributed by atoms with Crippen molar-refractivity contribution in [3.63, 3.8) is 0 Å². The number of nitrogens with one attached hydrogen (secondary N) is 2. The molecule has 0 aliphatic heterocycles. The van der Waals surface area contributed by atoms with Crippen molar-refractivity contribution >= 4 is 23.1 Å². The molecule has 0 aliphatic rings. The van der Waals surface area contributed by atoms with Crippen molar-refractivity contribution in [2.24, 2.45) is 0 Å². The minimum Gasteiger partial charge on any atom is -0.491 e. The van der Waals surface area contributed by atoms with Crippen LogP contribution < -0.4 is 15.4 Å². The van der Waals surface area contributed by atoms with Crippen LogP contribution in [0.1, 0.15) is 51.2 Å². The molecule has 0 fully saturated rings. The number of rotatable bonds is 10. The van der Waals surface area contributed by atoms with Gasteiger partial charge >= 0.3 is 6.18 Å². The molecule has 1 atom stereocenters. The maximum atomic E-state index is 13.5. The lowest BCUT2D eigenvalue weighted by atomic mass is 10.1. The van der Waals surface area contributed by atoms with E-state index in [1.165, 1.54) is 0 Å². The Labute approximate surface area is 192 Å². The van der Waals surface area contributed by atoms with Gasteiger partial charge in [-0.1, -0.05) is 32.4 Å². The van der Waals surface area contributed by atoms with Crippen molar-refractivity contribution in [3.8, 4) is 5.75 Å². The number of halogens is 3. The molecular formula is C25H29F3N4O. The molecular weight excluding hydrogens is 429 g/mol. The summed E-state index contributed by atoms with van der Waals surface area (Å²) in [4.78, 5) is 7.96. The van der Waals surface area contributed by atoms with E-state index < -0.39 is 11.7 Å². The van der Waals surface area contributed by atoms with Gasteiger partial charge in [0.25, 0.3) is 0 Å². The van der Waals surface area contributed by atoms with E-state index in [9.17, 15) is 13.2 Å². The van der Waals surface area contributed by atoms with Crippen LogP contribution in [0.5, 0.6) is 5.75 Å². The topological polar surface area (TPSA) is 59.1 Å². The Morgan fingerprint density at radius 3 is 2.18 bits per heavy atom. The number of hydrogen-bond acceptors (Lipinski definition) is 5. The molecule has 0 amide bonds. The molecule has 0 saturated carbocycles. The third-order valence-corrected chi connectivity index (χ3v) is 5.15. The van der Waals surface area contributed by atoms with E-state index >= 15 is 0 Å². The maximum Gasteiger partial charge on any atom is 0.421 e. The fourth-order valence-electron chi connectivity index (χ4n) is 3.08. The molecule has 2 N–H and O–H groups in total. The first-order valence-electron chi connectivity index (χ1n) is 11.1. The van der Waals surface area contributed by atoms with Gasteiger partial charge in [-0.3, -0.25) is 0 Å². The van der Waals surface area contributed by atoms with Crippen molar-refractivity contribution in [1.29, 1.82) is 0 Å². The van der Waals surface area contributed by atoms with Gasteiger partial charge in [0.15, 0.2) is 0 Å². The average molecular weight is 459 g/mol. The Balaban J connectivity index is 1.78. The number of ether oxygens (including phenoxy) is 1. The highest BCUT2D eigenvalue weighted by Gasteiger charge is 2.35. The Morgan fingerprint density at radius 2 is 1.58 bits per heavy atom. The van der Waals surface area contributed by atoms with Gasteiger partial charge in [-0.15, -0.1) is 0 Å². The van der Waals surface area contributed by atoms with Crippen LogP contribution in [0.2, 0.25) is 0 Å². The zero-order valence-corrected chi connectivity index (χ0v) is 19.0. The predicted molar refractivity (Wildman–Crippen MR) is 125 cm³/mol. The lowest BCUT2D eigenvalue weighted by molar-refractivity contribution is -0.137. The average Bonchev–Trinajstić information content (AvgIpc) is 2.79. The Bertz CT molecular complexity index is 1020. The molecule has 3 aromatic rings. The molecule has 8 heteroatoms. The second-order valence-electron chi connectivity index (χ2n) is 7.87. The van der Waals surface area contributed by atoms with E-state index in [0.29, 0.717) is 17.1 Å². The summed E-state index contributed by atoms with van der Waals surface area (Å²) in [5, 5.41) is 5.75. The molecule has 1 unspecified atom stereocenters. The SMILES string of the molecule is CCCCc1ccc(Nc2nc(Nc3ccc(OC(C)CC)cc3)ncc2C(F)(F)F)cc1. The third kappa shape index (κ3) is 7.10. The van der Waals surface area contributed by atoms with Crippen LogP contribution in [0.4, 0.5) is 36.3 Å². The van der Waals surface area contributed by atoms with E-state index in [1.807, 2.05) is 26.0 Å². The van der Waals surface area contributed by atoms with Crippen LogP contribution in [-0.2, 0) is 12.6 Å². The predicted octanol–water partition coefficient (Wildman–Crippen LogP) is 7.50. The number of nitrogens with zero attached hydrogens (tertiary/aromatic N) is 2. The lowest BCUT2D eigenvalue weighted by Crippen LogP contribution is -2.12. The number of unbranched alkanes of at least 4 members (excludes halogenated alkanes) is 1. The lowest BCUT2D eigenvalue weighted by Gasteiger charge is -2.16.